The van der Waals surface area contributed by atoms with Gasteiger partial charge in [0.2, 0.25) is 0 Å². The summed E-state index contributed by atoms with van der Waals surface area (Å²) < 4.78 is 15.0. The summed E-state index contributed by atoms with van der Waals surface area (Å²) >= 11 is 1.60. The highest BCUT2D eigenvalue weighted by Crippen LogP contribution is 2.50. The maximum atomic E-state index is 13.1. The van der Waals surface area contributed by atoms with Crippen molar-refractivity contribution in [2.45, 2.75) is 45.8 Å². The van der Waals surface area contributed by atoms with Gasteiger partial charge in [0.15, 0.2) is 4.96 Å². The van der Waals surface area contributed by atoms with Crippen LogP contribution in [0.15, 0.2) is 30.5 Å². The van der Waals surface area contributed by atoms with E-state index >= 15 is 0 Å². The number of rotatable bonds is 5. The van der Waals surface area contributed by atoms with Crippen LogP contribution in [-0.2, 0) is 13.0 Å². The molecular formula is C22H25FN4OS. The molecule has 7 heteroatoms. The Hall–Kier alpha value is -2.41. The van der Waals surface area contributed by atoms with Crippen molar-refractivity contribution < 1.29 is 9.18 Å². The largest absolute Gasteiger partial charge is 0.370 e. The lowest BCUT2D eigenvalue weighted by Crippen LogP contribution is -2.63. The topological polar surface area (TPSA) is 49.6 Å². The molecule has 0 bridgehead atoms. The average molecular weight is 413 g/mol. The zero-order valence-corrected chi connectivity index (χ0v) is 17.6. The third-order valence-electron chi connectivity index (χ3n) is 6.18. The zero-order chi connectivity index (χ0) is 20.2. The van der Waals surface area contributed by atoms with Crippen LogP contribution in [0.1, 0.15) is 46.4 Å². The third kappa shape index (κ3) is 3.21. The Morgan fingerprint density at radius 1 is 1.31 bits per heavy atom. The van der Waals surface area contributed by atoms with Gasteiger partial charge in [-0.3, -0.25) is 9.20 Å². The highest BCUT2D eigenvalue weighted by atomic mass is 32.1. The molecule has 0 unspecified atom stereocenters. The second-order valence-corrected chi connectivity index (χ2v) is 9.68. The van der Waals surface area contributed by atoms with E-state index in [4.69, 9.17) is 0 Å². The van der Waals surface area contributed by atoms with E-state index in [1.165, 1.54) is 5.69 Å². The lowest BCUT2D eigenvalue weighted by molar-refractivity contribution is 0.000855. The fourth-order valence-electron chi connectivity index (χ4n) is 4.66. The number of nitrogens with zero attached hydrogens (tertiary/aromatic N) is 3. The van der Waals surface area contributed by atoms with E-state index in [9.17, 15) is 9.18 Å². The fourth-order valence-corrected chi connectivity index (χ4v) is 5.51. The summed E-state index contributed by atoms with van der Waals surface area (Å²) in [6.07, 6.45) is 3.55. The van der Waals surface area contributed by atoms with Gasteiger partial charge >= 0.3 is 0 Å². The van der Waals surface area contributed by atoms with Crippen molar-refractivity contribution in [1.82, 2.24) is 14.7 Å². The number of thiazole rings is 1. The van der Waals surface area contributed by atoms with Crippen LogP contribution in [0.2, 0.25) is 0 Å². The van der Waals surface area contributed by atoms with Crippen LogP contribution in [0.25, 0.3) is 4.96 Å². The predicted octanol–water partition coefficient (Wildman–Crippen LogP) is 4.13. The predicted molar refractivity (Wildman–Crippen MR) is 114 cm³/mol. The lowest BCUT2D eigenvalue weighted by atomic mass is 9.62. The van der Waals surface area contributed by atoms with Crippen LogP contribution in [0.5, 0.6) is 0 Å². The Kier molecular flexibility index (Phi) is 4.38. The smallest absolute Gasteiger partial charge is 0.270 e. The second-order valence-electron chi connectivity index (χ2n) is 8.47. The van der Waals surface area contributed by atoms with Gasteiger partial charge in [0.1, 0.15) is 11.9 Å². The summed E-state index contributed by atoms with van der Waals surface area (Å²) in [6, 6.07) is 8.30. The van der Waals surface area contributed by atoms with Crippen molar-refractivity contribution in [2.75, 3.05) is 18.0 Å². The van der Waals surface area contributed by atoms with Crippen molar-refractivity contribution >= 4 is 27.9 Å². The lowest BCUT2D eigenvalue weighted by Gasteiger charge is -2.58. The van der Waals surface area contributed by atoms with Crippen molar-refractivity contribution in [1.29, 1.82) is 0 Å². The van der Waals surface area contributed by atoms with Gasteiger partial charge in [-0.1, -0.05) is 19.1 Å². The highest BCUT2D eigenvalue weighted by Gasteiger charge is 2.52. The monoisotopic (exact) mass is 412 g/mol. The third-order valence-corrected chi connectivity index (χ3v) is 7.08. The summed E-state index contributed by atoms with van der Waals surface area (Å²) in [4.78, 5) is 21.8. The molecule has 1 N–H and O–H groups in total. The van der Waals surface area contributed by atoms with Crippen molar-refractivity contribution in [3.05, 3.63) is 52.3 Å². The van der Waals surface area contributed by atoms with Gasteiger partial charge in [0.25, 0.3) is 5.91 Å². The number of hydrogen-bond donors (Lipinski definition) is 1. The van der Waals surface area contributed by atoms with Crippen LogP contribution < -0.4 is 10.2 Å². The molecule has 1 aliphatic carbocycles. The van der Waals surface area contributed by atoms with Gasteiger partial charge in [-0.2, -0.15) is 0 Å². The van der Waals surface area contributed by atoms with Gasteiger partial charge in [0.05, 0.1) is 5.69 Å². The number of anilines is 1. The van der Waals surface area contributed by atoms with Crippen LogP contribution in [-0.4, -0.2) is 34.6 Å². The zero-order valence-electron chi connectivity index (χ0n) is 16.7. The number of hydrogen-bond acceptors (Lipinski definition) is 4. The van der Waals surface area contributed by atoms with Crippen LogP contribution >= 0.6 is 11.3 Å². The van der Waals surface area contributed by atoms with Gasteiger partial charge in [-0.25, -0.2) is 9.37 Å². The molecule has 1 saturated heterocycles. The van der Waals surface area contributed by atoms with Crippen molar-refractivity contribution in [2.24, 2.45) is 5.41 Å². The number of carbonyl (C=O) groups excluding carboxylic acids is 1. The second kappa shape index (κ2) is 6.83. The number of amides is 1. The Morgan fingerprint density at radius 2 is 2.03 bits per heavy atom. The maximum absolute atomic E-state index is 13.1. The van der Waals surface area contributed by atoms with E-state index < -0.39 is 6.17 Å². The van der Waals surface area contributed by atoms with Crippen LogP contribution in [0.3, 0.4) is 0 Å². The first-order valence-electron chi connectivity index (χ1n) is 10.2. The molecule has 3 heterocycles. The number of imidazole rings is 1. The molecule has 2 fully saturated rings. The number of alkyl halides is 1. The molecule has 1 amide bonds. The average Bonchev–Trinajstić information content (AvgIpc) is 3.17. The van der Waals surface area contributed by atoms with Gasteiger partial charge in [-0.05, 0) is 43.9 Å². The normalized spacial score (nSPS) is 18.1. The summed E-state index contributed by atoms with van der Waals surface area (Å²) in [7, 11) is 0. The minimum atomic E-state index is -0.591. The molecule has 0 atom stereocenters. The minimum Gasteiger partial charge on any atom is -0.370 e. The van der Waals surface area contributed by atoms with Crippen molar-refractivity contribution in [3.63, 3.8) is 0 Å². The molecule has 2 aromatic heterocycles. The summed E-state index contributed by atoms with van der Waals surface area (Å²) in [6.45, 7) is 6.44. The van der Waals surface area contributed by atoms with E-state index in [1.54, 1.807) is 11.3 Å². The maximum Gasteiger partial charge on any atom is 0.270 e. The summed E-state index contributed by atoms with van der Waals surface area (Å²) in [5.74, 6) is -0.0910. The quantitative estimate of drug-likeness (QED) is 0.685. The number of carbonyl (C=O) groups is 1. The number of nitrogens with one attached hydrogen (secondary N) is 1. The summed E-state index contributed by atoms with van der Waals surface area (Å²) in [5.41, 5.74) is 3.94. The van der Waals surface area contributed by atoms with E-state index in [0.717, 1.165) is 53.4 Å². The Morgan fingerprint density at radius 3 is 2.69 bits per heavy atom. The molecule has 2 aliphatic rings. The van der Waals surface area contributed by atoms with E-state index in [-0.39, 0.29) is 11.3 Å². The molecule has 1 saturated carbocycles. The molecule has 5 nitrogen and oxygen atoms in total. The standard InChI is InChI=1S/C22H25FN4OS/c1-3-18-19(27-11-14(2)29-21(27)25-18)20(28)24-10-15-4-6-17(7-5-15)26-12-22(13-26)8-16(23)9-22/h4-7,11,16H,3,8-10,12-13H2,1-2H3,(H,24,28). The van der Waals surface area contributed by atoms with Gasteiger partial charge in [0, 0.05) is 41.8 Å². The molecule has 1 aliphatic heterocycles. The number of fused-ring (bicyclic) bond motifs is 1. The van der Waals surface area contributed by atoms with Crippen LogP contribution in [0, 0.1) is 12.3 Å². The van der Waals surface area contributed by atoms with Crippen molar-refractivity contribution in [3.8, 4) is 0 Å². The van der Waals surface area contributed by atoms with Gasteiger partial charge < -0.3 is 10.2 Å². The Bertz CT molecular complexity index is 1060. The number of aryl methyl sites for hydroxylation is 2. The number of benzene rings is 1. The molecule has 29 heavy (non-hydrogen) atoms. The molecule has 5 rings (SSSR count). The molecule has 1 spiro atoms. The molecule has 152 valence electrons. The Labute approximate surface area is 173 Å². The summed E-state index contributed by atoms with van der Waals surface area (Å²) in [5, 5.41) is 3.04. The van der Waals surface area contributed by atoms with Crippen LogP contribution in [0.4, 0.5) is 10.1 Å². The molecular weight excluding hydrogens is 387 g/mol. The first-order chi connectivity index (χ1) is 14.0. The number of halogens is 1. The fraction of sp³-hybridized carbons (Fsp3) is 0.455. The first-order valence-corrected chi connectivity index (χ1v) is 11.0. The first kappa shape index (κ1) is 18.6. The molecule has 1 aromatic carbocycles. The SMILES string of the molecule is CCc1nc2sc(C)cn2c1C(=O)NCc1ccc(N2CC3(CC(F)C3)C2)cc1. The highest BCUT2D eigenvalue weighted by molar-refractivity contribution is 7.17. The molecule has 0 radical (unpaired) electrons. The molecule has 3 aromatic rings. The van der Waals surface area contributed by atoms with E-state index in [0.29, 0.717) is 12.2 Å². The number of aromatic nitrogens is 2. The minimum absolute atomic E-state index is 0.0910. The Balaban J connectivity index is 1.22. The van der Waals surface area contributed by atoms with Gasteiger partial charge in [-0.15, -0.1) is 11.3 Å². The van der Waals surface area contributed by atoms with E-state index in [1.807, 2.05) is 24.4 Å². The van der Waals surface area contributed by atoms with E-state index in [2.05, 4.69) is 39.5 Å².